The molecule has 1 saturated heterocycles. The maximum Gasteiger partial charge on any atom is 0.236 e. The molecule has 2 aliphatic rings. The Morgan fingerprint density at radius 1 is 1.12 bits per heavy atom. The summed E-state index contributed by atoms with van der Waals surface area (Å²) >= 11 is 6.19. The number of hydrogen-bond donors (Lipinski definition) is 2. The van der Waals surface area contributed by atoms with Gasteiger partial charge in [-0.15, -0.1) is 0 Å². The normalized spacial score (nSPS) is 19.5. The van der Waals surface area contributed by atoms with Gasteiger partial charge in [-0.2, -0.15) is 0 Å². The number of anilines is 1. The smallest absolute Gasteiger partial charge is 0.236 e. The van der Waals surface area contributed by atoms with E-state index in [1.54, 1.807) is 11.9 Å². The van der Waals surface area contributed by atoms with Gasteiger partial charge in [-0.3, -0.25) is 14.5 Å². The number of aromatic nitrogens is 2. The second-order valence-corrected chi connectivity index (χ2v) is 11.9. The lowest BCUT2D eigenvalue weighted by molar-refractivity contribution is -0.134. The zero-order valence-corrected chi connectivity index (χ0v) is 25.6. The molecule has 0 saturated carbocycles. The summed E-state index contributed by atoms with van der Waals surface area (Å²) in [5.74, 6) is 0.840. The van der Waals surface area contributed by atoms with Crippen molar-refractivity contribution in [1.29, 1.82) is 0 Å². The Kier molecular flexibility index (Phi) is 10.6. The molecule has 0 unspecified atom stereocenters. The second kappa shape index (κ2) is 13.9. The summed E-state index contributed by atoms with van der Waals surface area (Å²) in [6.45, 7) is 10.9. The van der Waals surface area contributed by atoms with E-state index < -0.39 is 6.10 Å². The van der Waals surface area contributed by atoms with Gasteiger partial charge in [0, 0.05) is 69.5 Å². The summed E-state index contributed by atoms with van der Waals surface area (Å²) in [6.07, 6.45) is 1.65. The van der Waals surface area contributed by atoms with Crippen molar-refractivity contribution in [1.82, 2.24) is 30.0 Å². The molecule has 2 N–H and O–H groups in total. The number of amides is 2. The molecule has 11 heteroatoms. The molecule has 0 radical (unpaired) electrons. The van der Waals surface area contributed by atoms with Crippen molar-refractivity contribution < 1.29 is 14.7 Å². The number of hydrogen-bond acceptors (Lipinski definition) is 8. The second-order valence-electron chi connectivity index (χ2n) is 11.5. The highest BCUT2D eigenvalue weighted by Gasteiger charge is 2.35. The predicted octanol–water partition coefficient (Wildman–Crippen LogP) is 2.49. The topological polar surface area (TPSA) is 105 Å². The van der Waals surface area contributed by atoms with E-state index in [4.69, 9.17) is 11.6 Å². The van der Waals surface area contributed by atoms with Gasteiger partial charge in [-0.25, -0.2) is 9.97 Å². The lowest BCUT2D eigenvalue weighted by Crippen LogP contribution is -2.52. The van der Waals surface area contributed by atoms with Gasteiger partial charge < -0.3 is 25.1 Å². The molecule has 1 aromatic heterocycles. The number of nitrogens with one attached hydrogen (secondary N) is 1. The van der Waals surface area contributed by atoms with E-state index in [9.17, 15) is 14.7 Å². The maximum atomic E-state index is 14.1. The third-order valence-electron chi connectivity index (χ3n) is 8.36. The quantitative estimate of drug-likeness (QED) is 0.414. The predicted molar refractivity (Wildman–Crippen MR) is 161 cm³/mol. The van der Waals surface area contributed by atoms with Crippen LogP contribution in [0, 0.1) is 0 Å². The van der Waals surface area contributed by atoms with Crippen molar-refractivity contribution in [2.75, 3.05) is 71.4 Å². The minimum atomic E-state index is -0.546. The number of aliphatic hydroxyl groups is 1. The van der Waals surface area contributed by atoms with Gasteiger partial charge in [0.1, 0.15) is 12.1 Å². The zero-order chi connectivity index (χ0) is 29.7. The minimum absolute atomic E-state index is 0.0395. The Morgan fingerprint density at radius 2 is 1.80 bits per heavy atom. The fourth-order valence-electron chi connectivity index (χ4n) is 5.82. The van der Waals surface area contributed by atoms with Gasteiger partial charge in [-0.05, 0) is 50.9 Å². The van der Waals surface area contributed by atoms with Crippen molar-refractivity contribution >= 4 is 29.2 Å². The molecule has 1 aliphatic carbocycles. The van der Waals surface area contributed by atoms with Crippen molar-refractivity contribution in [2.45, 2.75) is 51.2 Å². The first-order valence-electron chi connectivity index (χ1n) is 14.5. The molecule has 224 valence electrons. The number of fused-ring (bicyclic) bond motifs is 1. The third-order valence-corrected chi connectivity index (χ3v) is 8.62. The van der Waals surface area contributed by atoms with E-state index in [0.29, 0.717) is 63.8 Å². The molecule has 1 fully saturated rings. The fourth-order valence-corrected chi connectivity index (χ4v) is 5.94. The molecule has 3 atom stereocenters. The molecular weight excluding hydrogens is 542 g/mol. The monoisotopic (exact) mass is 585 g/mol. The average molecular weight is 586 g/mol. The van der Waals surface area contributed by atoms with Crippen LogP contribution in [0.3, 0.4) is 0 Å². The highest BCUT2D eigenvalue weighted by atomic mass is 35.5. The van der Waals surface area contributed by atoms with Gasteiger partial charge in [0.25, 0.3) is 0 Å². The molecular formula is C30H44ClN7O3. The van der Waals surface area contributed by atoms with Crippen molar-refractivity contribution in [3.05, 3.63) is 52.4 Å². The molecule has 1 aliphatic heterocycles. The highest BCUT2D eigenvalue weighted by molar-refractivity contribution is 6.30. The van der Waals surface area contributed by atoms with Crippen LogP contribution in [0.15, 0.2) is 30.6 Å². The van der Waals surface area contributed by atoms with Crippen molar-refractivity contribution in [3.8, 4) is 0 Å². The van der Waals surface area contributed by atoms with Crippen LogP contribution in [0.1, 0.15) is 62.0 Å². The molecule has 2 amide bonds. The molecule has 0 bridgehead atoms. The first-order chi connectivity index (χ1) is 19.6. The Morgan fingerprint density at radius 3 is 2.44 bits per heavy atom. The van der Waals surface area contributed by atoms with Crippen LogP contribution in [-0.2, 0) is 9.59 Å². The molecule has 2 heterocycles. The van der Waals surface area contributed by atoms with Crippen LogP contribution in [-0.4, -0.2) is 114 Å². The van der Waals surface area contributed by atoms with Gasteiger partial charge in [0.2, 0.25) is 11.8 Å². The number of aliphatic hydroxyl groups excluding tert-OH is 1. The lowest BCUT2D eigenvalue weighted by Gasteiger charge is -2.39. The SMILES string of the molecule is CNCC(=O)N(C)CCN(C[C@@H](C(=O)N1CCN(c2ncnc3c2[C@H](C)C[C@H]3O)CC1)c1ccc(Cl)cc1)C(C)C. The molecule has 10 nitrogen and oxygen atoms in total. The minimum Gasteiger partial charge on any atom is -0.387 e. The number of rotatable bonds is 11. The molecule has 4 rings (SSSR count). The third kappa shape index (κ3) is 7.35. The summed E-state index contributed by atoms with van der Waals surface area (Å²) in [7, 11) is 3.58. The van der Waals surface area contributed by atoms with E-state index in [2.05, 4.69) is 45.9 Å². The summed E-state index contributed by atoms with van der Waals surface area (Å²) in [6, 6.07) is 7.76. The van der Waals surface area contributed by atoms with Crippen LogP contribution in [0.4, 0.5) is 5.82 Å². The first-order valence-corrected chi connectivity index (χ1v) is 14.9. The Bertz CT molecular complexity index is 1190. The molecule has 0 spiro atoms. The van der Waals surface area contributed by atoms with Crippen LogP contribution in [0.5, 0.6) is 0 Å². The average Bonchev–Trinajstić information content (AvgIpc) is 3.26. The Labute approximate surface area is 248 Å². The van der Waals surface area contributed by atoms with Crippen LogP contribution in [0.25, 0.3) is 0 Å². The van der Waals surface area contributed by atoms with E-state index in [-0.39, 0.29) is 29.7 Å². The number of carbonyl (C=O) groups is 2. The number of piperazine rings is 1. The number of nitrogens with zero attached hydrogens (tertiary/aromatic N) is 6. The number of likely N-dealkylation sites (N-methyl/N-ethyl adjacent to an activating group) is 2. The summed E-state index contributed by atoms with van der Waals surface area (Å²) in [5.41, 5.74) is 2.70. The number of halogens is 1. The van der Waals surface area contributed by atoms with Crippen molar-refractivity contribution in [3.63, 3.8) is 0 Å². The van der Waals surface area contributed by atoms with Gasteiger partial charge in [0.05, 0.1) is 24.3 Å². The Hall–Kier alpha value is -2.79. The van der Waals surface area contributed by atoms with E-state index in [0.717, 1.165) is 22.6 Å². The van der Waals surface area contributed by atoms with Gasteiger partial charge >= 0.3 is 0 Å². The maximum absolute atomic E-state index is 14.1. The van der Waals surface area contributed by atoms with E-state index in [1.807, 2.05) is 36.2 Å². The Balaban J connectivity index is 1.48. The first kappa shape index (κ1) is 31.2. The van der Waals surface area contributed by atoms with E-state index >= 15 is 0 Å². The highest BCUT2D eigenvalue weighted by Crippen LogP contribution is 2.42. The zero-order valence-electron chi connectivity index (χ0n) is 24.9. The van der Waals surface area contributed by atoms with Crippen LogP contribution in [0.2, 0.25) is 5.02 Å². The van der Waals surface area contributed by atoms with Gasteiger partial charge in [0.15, 0.2) is 0 Å². The van der Waals surface area contributed by atoms with E-state index in [1.165, 1.54) is 6.33 Å². The van der Waals surface area contributed by atoms with Crippen LogP contribution < -0.4 is 10.2 Å². The molecule has 1 aromatic carbocycles. The number of benzene rings is 1. The summed E-state index contributed by atoms with van der Waals surface area (Å²) < 4.78 is 0. The fraction of sp³-hybridized carbons (Fsp3) is 0.600. The summed E-state index contributed by atoms with van der Waals surface area (Å²) in [4.78, 5) is 43.5. The van der Waals surface area contributed by atoms with Crippen LogP contribution >= 0.6 is 11.6 Å². The largest absolute Gasteiger partial charge is 0.387 e. The number of carbonyl (C=O) groups excluding carboxylic acids is 2. The standard InChI is InChI=1S/C30H44ClN7O3/c1-20(2)38(11-10-35(5)26(40)17-32-4)18-24(22-6-8-23(31)9-7-22)30(41)37-14-12-36(13-15-37)29-27-21(3)16-25(39)28(27)33-19-34-29/h6-9,19-21,24-25,32,39H,10-18H2,1-5H3/t21-,24-,25-/m1/s1. The lowest BCUT2D eigenvalue weighted by atomic mass is 9.95. The van der Waals surface area contributed by atoms with Gasteiger partial charge in [-0.1, -0.05) is 30.7 Å². The van der Waals surface area contributed by atoms with Crippen molar-refractivity contribution in [2.24, 2.45) is 0 Å². The summed E-state index contributed by atoms with van der Waals surface area (Å²) in [5, 5.41) is 14.0. The molecule has 41 heavy (non-hydrogen) atoms. The molecule has 2 aromatic rings.